The Morgan fingerprint density at radius 1 is 1.53 bits per heavy atom. The van der Waals surface area contributed by atoms with Crippen molar-refractivity contribution in [2.75, 3.05) is 11.9 Å². The molecule has 1 aromatic rings. The third kappa shape index (κ3) is 2.92. The molecular weight excluding hydrogens is 282 g/mol. The molecule has 0 aromatic carbocycles. The highest BCUT2D eigenvalue weighted by atomic mass is 79.9. The molecule has 0 saturated heterocycles. The van der Waals surface area contributed by atoms with E-state index >= 15 is 0 Å². The van der Waals surface area contributed by atoms with E-state index < -0.39 is 0 Å². The van der Waals surface area contributed by atoms with E-state index in [-0.39, 0.29) is 11.3 Å². The van der Waals surface area contributed by atoms with Crippen LogP contribution in [0, 0.1) is 12.3 Å². The molecule has 94 valence electrons. The quantitative estimate of drug-likeness (QED) is 0.867. The fraction of sp³-hybridized carbons (Fsp3) is 0.615. The number of halogens is 1. The van der Waals surface area contributed by atoms with Crippen molar-refractivity contribution in [2.24, 2.45) is 5.41 Å². The van der Waals surface area contributed by atoms with Gasteiger partial charge < -0.3 is 9.73 Å². The molecule has 1 fully saturated rings. The maximum atomic E-state index is 11.9. The monoisotopic (exact) mass is 299 g/mol. The first-order chi connectivity index (χ1) is 8.15. The number of aryl methyl sites for hydroxylation is 1. The van der Waals surface area contributed by atoms with Crippen LogP contribution in [0.2, 0.25) is 0 Å². The van der Waals surface area contributed by atoms with Crippen molar-refractivity contribution in [3.8, 4) is 0 Å². The second-order valence-electron chi connectivity index (χ2n) is 4.97. The van der Waals surface area contributed by atoms with Crippen molar-refractivity contribution in [2.45, 2.75) is 32.6 Å². The van der Waals surface area contributed by atoms with Gasteiger partial charge in [-0.15, -0.1) is 0 Å². The Kier molecular flexibility index (Phi) is 3.92. The summed E-state index contributed by atoms with van der Waals surface area (Å²) in [5, 5.41) is 3.98. The van der Waals surface area contributed by atoms with E-state index in [9.17, 15) is 4.79 Å². The van der Waals surface area contributed by atoms with E-state index in [0.717, 1.165) is 17.6 Å². The summed E-state index contributed by atoms with van der Waals surface area (Å²) in [6.07, 6.45) is 6.45. The third-order valence-corrected chi connectivity index (χ3v) is 4.75. The molecule has 1 N–H and O–H groups in total. The molecule has 1 aromatic heterocycles. The minimum atomic E-state index is -0.0333. The van der Waals surface area contributed by atoms with Gasteiger partial charge in [0.2, 0.25) is 0 Å². The Hall–Kier alpha value is -0.770. The average Bonchev–Trinajstić information content (AvgIpc) is 2.95. The molecule has 3 nitrogen and oxygen atoms in total. The first-order valence-corrected chi connectivity index (χ1v) is 7.17. The molecule has 1 aliphatic carbocycles. The molecule has 1 heterocycles. The van der Waals surface area contributed by atoms with Crippen LogP contribution in [0.25, 0.3) is 0 Å². The first-order valence-electron chi connectivity index (χ1n) is 6.05. The molecular formula is C13H18BrNO2. The number of carbonyl (C=O) groups is 1. The zero-order valence-electron chi connectivity index (χ0n) is 10.1. The summed E-state index contributed by atoms with van der Waals surface area (Å²) in [5.74, 6) is 0.736. The normalized spacial score (nSPS) is 18.2. The molecule has 1 amide bonds. The second-order valence-corrected chi connectivity index (χ2v) is 5.53. The van der Waals surface area contributed by atoms with E-state index in [2.05, 4.69) is 21.2 Å². The van der Waals surface area contributed by atoms with Gasteiger partial charge in [0.1, 0.15) is 12.0 Å². The number of hydrogen-bond acceptors (Lipinski definition) is 2. The first kappa shape index (κ1) is 12.7. The molecule has 0 bridgehead atoms. The Morgan fingerprint density at radius 2 is 2.24 bits per heavy atom. The zero-order valence-corrected chi connectivity index (χ0v) is 11.7. The number of hydrogen-bond donors (Lipinski definition) is 1. The van der Waals surface area contributed by atoms with Crippen LogP contribution in [0.15, 0.2) is 16.7 Å². The predicted octanol–water partition coefficient (Wildman–Crippen LogP) is 3.27. The topological polar surface area (TPSA) is 42.2 Å². The van der Waals surface area contributed by atoms with Crippen LogP contribution >= 0.6 is 15.9 Å². The summed E-state index contributed by atoms with van der Waals surface area (Å²) in [7, 11) is 0. The summed E-state index contributed by atoms with van der Waals surface area (Å²) in [4.78, 5) is 11.9. The van der Waals surface area contributed by atoms with Gasteiger partial charge in [0.05, 0.1) is 5.56 Å². The standard InChI is InChI=1S/C13H18BrNO2/c1-10-6-11(7-17-10)12(16)15-9-13(8-14)4-2-3-5-13/h6-7H,2-5,8-9H2,1H3,(H,15,16). The Morgan fingerprint density at radius 3 is 2.76 bits per heavy atom. The van der Waals surface area contributed by atoms with Crippen LogP contribution in [0.1, 0.15) is 41.8 Å². The molecule has 0 atom stereocenters. The van der Waals surface area contributed by atoms with Crippen molar-refractivity contribution in [3.05, 3.63) is 23.7 Å². The highest BCUT2D eigenvalue weighted by Crippen LogP contribution is 2.38. The molecule has 1 aliphatic rings. The number of nitrogens with one attached hydrogen (secondary N) is 1. The Balaban J connectivity index is 1.91. The Bertz CT molecular complexity index is 394. The number of amides is 1. The number of rotatable bonds is 4. The Labute approximate surface area is 110 Å². The van der Waals surface area contributed by atoms with E-state index in [0.29, 0.717) is 5.56 Å². The molecule has 2 rings (SSSR count). The maximum Gasteiger partial charge on any atom is 0.254 e. The molecule has 17 heavy (non-hydrogen) atoms. The lowest BCUT2D eigenvalue weighted by Gasteiger charge is -2.26. The van der Waals surface area contributed by atoms with E-state index in [4.69, 9.17) is 4.42 Å². The lowest BCUT2D eigenvalue weighted by atomic mass is 9.89. The molecule has 0 spiro atoms. The lowest BCUT2D eigenvalue weighted by Crippen LogP contribution is -2.36. The fourth-order valence-electron chi connectivity index (χ4n) is 2.42. The smallest absolute Gasteiger partial charge is 0.254 e. The van der Waals surface area contributed by atoms with Crippen LogP contribution < -0.4 is 5.32 Å². The minimum absolute atomic E-state index is 0.0333. The van der Waals surface area contributed by atoms with Gasteiger partial charge in [-0.1, -0.05) is 28.8 Å². The van der Waals surface area contributed by atoms with Crippen molar-refractivity contribution in [1.29, 1.82) is 0 Å². The van der Waals surface area contributed by atoms with Gasteiger partial charge in [-0.25, -0.2) is 0 Å². The number of carbonyl (C=O) groups excluding carboxylic acids is 1. The van der Waals surface area contributed by atoms with Gasteiger partial charge in [-0.05, 0) is 31.2 Å². The van der Waals surface area contributed by atoms with Crippen LogP contribution in [-0.4, -0.2) is 17.8 Å². The molecule has 1 saturated carbocycles. The highest BCUT2D eigenvalue weighted by Gasteiger charge is 2.33. The summed E-state index contributed by atoms with van der Waals surface area (Å²) < 4.78 is 5.14. The molecule has 4 heteroatoms. The molecule has 0 aliphatic heterocycles. The van der Waals surface area contributed by atoms with Crippen LogP contribution in [0.5, 0.6) is 0 Å². The predicted molar refractivity (Wildman–Crippen MR) is 70.5 cm³/mol. The summed E-state index contributed by atoms with van der Waals surface area (Å²) >= 11 is 3.57. The van der Waals surface area contributed by atoms with Crippen molar-refractivity contribution in [1.82, 2.24) is 5.32 Å². The minimum Gasteiger partial charge on any atom is -0.469 e. The van der Waals surface area contributed by atoms with Crippen LogP contribution in [0.3, 0.4) is 0 Å². The van der Waals surface area contributed by atoms with Gasteiger partial charge in [-0.3, -0.25) is 4.79 Å². The third-order valence-electron chi connectivity index (χ3n) is 3.56. The SMILES string of the molecule is Cc1cc(C(=O)NCC2(CBr)CCCC2)co1. The van der Waals surface area contributed by atoms with Gasteiger partial charge in [0, 0.05) is 11.9 Å². The average molecular weight is 300 g/mol. The summed E-state index contributed by atoms with van der Waals surface area (Å²) in [5.41, 5.74) is 0.874. The number of furan rings is 1. The number of alkyl halides is 1. The van der Waals surface area contributed by atoms with Gasteiger partial charge >= 0.3 is 0 Å². The van der Waals surface area contributed by atoms with E-state index in [1.807, 2.05) is 6.92 Å². The summed E-state index contributed by atoms with van der Waals surface area (Å²) in [6.45, 7) is 2.59. The fourth-order valence-corrected chi connectivity index (χ4v) is 3.17. The molecule has 0 unspecified atom stereocenters. The zero-order chi connectivity index (χ0) is 12.3. The van der Waals surface area contributed by atoms with Crippen molar-refractivity contribution < 1.29 is 9.21 Å². The van der Waals surface area contributed by atoms with Crippen molar-refractivity contribution >= 4 is 21.8 Å². The van der Waals surface area contributed by atoms with Gasteiger partial charge in [0.25, 0.3) is 5.91 Å². The summed E-state index contributed by atoms with van der Waals surface area (Å²) in [6, 6.07) is 1.77. The molecule has 0 radical (unpaired) electrons. The maximum absolute atomic E-state index is 11.9. The van der Waals surface area contributed by atoms with Gasteiger partial charge in [0.15, 0.2) is 0 Å². The van der Waals surface area contributed by atoms with Crippen LogP contribution in [-0.2, 0) is 0 Å². The highest BCUT2D eigenvalue weighted by molar-refractivity contribution is 9.09. The van der Waals surface area contributed by atoms with Crippen molar-refractivity contribution in [3.63, 3.8) is 0 Å². The lowest BCUT2D eigenvalue weighted by molar-refractivity contribution is 0.0935. The van der Waals surface area contributed by atoms with E-state index in [1.54, 1.807) is 6.07 Å². The van der Waals surface area contributed by atoms with Crippen LogP contribution in [0.4, 0.5) is 0 Å². The van der Waals surface area contributed by atoms with Gasteiger partial charge in [-0.2, -0.15) is 0 Å². The second kappa shape index (κ2) is 5.25. The van der Waals surface area contributed by atoms with E-state index in [1.165, 1.54) is 31.9 Å². The largest absolute Gasteiger partial charge is 0.469 e.